The van der Waals surface area contributed by atoms with Crippen molar-refractivity contribution in [2.24, 2.45) is 0 Å². The van der Waals surface area contributed by atoms with Gasteiger partial charge in [-0.3, -0.25) is 9.48 Å². The number of aromatic nitrogens is 2. The number of nitrogens with zero attached hydrogens (tertiary/aromatic N) is 3. The van der Waals surface area contributed by atoms with Gasteiger partial charge in [-0.15, -0.1) is 0 Å². The molecule has 1 aromatic heterocycles. The van der Waals surface area contributed by atoms with Gasteiger partial charge in [-0.1, -0.05) is 30.3 Å². The second-order valence-corrected chi connectivity index (χ2v) is 10.1. The molecule has 8 heteroatoms. The van der Waals surface area contributed by atoms with Crippen molar-refractivity contribution in [3.05, 3.63) is 59.9 Å². The van der Waals surface area contributed by atoms with Gasteiger partial charge in [-0.05, 0) is 11.6 Å². The molecule has 3 heterocycles. The molecule has 0 aliphatic carbocycles. The lowest BCUT2D eigenvalue weighted by Gasteiger charge is -2.34. The fraction of sp³-hybridized carbons (Fsp3) is 0.429. The smallest absolute Gasteiger partial charge is 0.246 e. The molecule has 1 N–H and O–H groups in total. The maximum absolute atomic E-state index is 12.5. The number of hydrogen-bond donors (Lipinski definition) is 1. The minimum absolute atomic E-state index is 0.00102. The molecule has 154 valence electrons. The van der Waals surface area contributed by atoms with Crippen LogP contribution in [0.1, 0.15) is 17.5 Å². The first-order valence-corrected chi connectivity index (χ1v) is 11.9. The molecule has 1 amide bonds. The first-order valence-electron chi connectivity index (χ1n) is 10.1. The van der Waals surface area contributed by atoms with Gasteiger partial charge in [0.05, 0.1) is 44.7 Å². The second kappa shape index (κ2) is 8.51. The van der Waals surface area contributed by atoms with Gasteiger partial charge < -0.3 is 9.80 Å². The summed E-state index contributed by atoms with van der Waals surface area (Å²) in [5, 5.41) is 4.36. The Hall–Kier alpha value is -2.45. The first kappa shape index (κ1) is 19.8. The summed E-state index contributed by atoms with van der Waals surface area (Å²) in [5.74, 6) is 0.604. The van der Waals surface area contributed by atoms with Crippen molar-refractivity contribution < 1.29 is 18.1 Å². The lowest BCUT2D eigenvalue weighted by Crippen LogP contribution is -3.18. The van der Waals surface area contributed by atoms with E-state index in [0.717, 1.165) is 25.1 Å². The molecule has 0 radical (unpaired) electrons. The highest BCUT2D eigenvalue weighted by Gasteiger charge is 2.37. The monoisotopic (exact) mass is 415 g/mol. The normalized spacial score (nSPS) is 22.3. The topological polar surface area (TPSA) is 76.7 Å². The zero-order valence-corrected chi connectivity index (χ0v) is 17.2. The molecule has 0 unspecified atom stereocenters. The van der Waals surface area contributed by atoms with Crippen molar-refractivity contribution in [2.75, 3.05) is 37.7 Å². The van der Waals surface area contributed by atoms with Crippen LogP contribution in [0.4, 0.5) is 0 Å². The summed E-state index contributed by atoms with van der Waals surface area (Å²) in [6, 6.07) is 10.3. The van der Waals surface area contributed by atoms with Gasteiger partial charge in [0, 0.05) is 24.3 Å². The van der Waals surface area contributed by atoms with Crippen LogP contribution in [0.3, 0.4) is 0 Å². The Kier molecular flexibility index (Phi) is 5.82. The molecule has 29 heavy (non-hydrogen) atoms. The quantitative estimate of drug-likeness (QED) is 0.690. The Labute approximate surface area is 171 Å². The summed E-state index contributed by atoms with van der Waals surface area (Å²) in [4.78, 5) is 15.7. The summed E-state index contributed by atoms with van der Waals surface area (Å²) in [6.07, 6.45) is 7.85. The van der Waals surface area contributed by atoms with Crippen LogP contribution < -0.4 is 4.90 Å². The lowest BCUT2D eigenvalue weighted by molar-refractivity contribution is -0.925. The zero-order chi connectivity index (χ0) is 20.3. The van der Waals surface area contributed by atoms with Gasteiger partial charge in [0.15, 0.2) is 9.84 Å². The van der Waals surface area contributed by atoms with E-state index in [9.17, 15) is 13.2 Å². The van der Waals surface area contributed by atoms with Crippen LogP contribution in [0.25, 0.3) is 6.08 Å². The molecule has 0 spiro atoms. The number of piperazine rings is 1. The van der Waals surface area contributed by atoms with Crippen molar-refractivity contribution in [1.29, 1.82) is 0 Å². The molecule has 2 saturated heterocycles. The average Bonchev–Trinajstić information content (AvgIpc) is 3.33. The van der Waals surface area contributed by atoms with Crippen LogP contribution in [0.2, 0.25) is 0 Å². The number of sulfone groups is 1. The lowest BCUT2D eigenvalue weighted by atomic mass is 10.2. The van der Waals surface area contributed by atoms with Gasteiger partial charge in [0.25, 0.3) is 0 Å². The van der Waals surface area contributed by atoms with Crippen LogP contribution in [0.5, 0.6) is 0 Å². The first-order chi connectivity index (χ1) is 14.0. The molecular formula is C21H27N4O3S+. The van der Waals surface area contributed by atoms with E-state index in [2.05, 4.69) is 17.2 Å². The van der Waals surface area contributed by atoms with E-state index >= 15 is 0 Å². The Morgan fingerprint density at radius 3 is 2.66 bits per heavy atom. The van der Waals surface area contributed by atoms with Gasteiger partial charge in [0.1, 0.15) is 11.8 Å². The summed E-state index contributed by atoms with van der Waals surface area (Å²) in [6.45, 7) is 3.67. The number of amides is 1. The maximum Gasteiger partial charge on any atom is 0.246 e. The Morgan fingerprint density at radius 1 is 1.21 bits per heavy atom. The molecule has 2 aromatic rings. The van der Waals surface area contributed by atoms with Crippen LogP contribution in [0.15, 0.2) is 48.8 Å². The van der Waals surface area contributed by atoms with Gasteiger partial charge in [-0.2, -0.15) is 5.10 Å². The van der Waals surface area contributed by atoms with E-state index in [0.29, 0.717) is 31.1 Å². The van der Waals surface area contributed by atoms with E-state index in [4.69, 9.17) is 0 Å². The Balaban J connectivity index is 1.27. The molecular weight excluding hydrogens is 388 g/mol. The molecule has 0 saturated carbocycles. The highest BCUT2D eigenvalue weighted by Crippen LogP contribution is 2.10. The van der Waals surface area contributed by atoms with E-state index < -0.39 is 9.84 Å². The third-order valence-corrected chi connectivity index (χ3v) is 7.55. The summed E-state index contributed by atoms with van der Waals surface area (Å²) in [5.41, 5.74) is 2.08. The molecule has 4 rings (SSSR count). The van der Waals surface area contributed by atoms with E-state index in [1.54, 1.807) is 18.3 Å². The minimum atomic E-state index is -2.85. The van der Waals surface area contributed by atoms with Crippen LogP contribution in [-0.4, -0.2) is 72.7 Å². The van der Waals surface area contributed by atoms with E-state index in [1.807, 2.05) is 34.0 Å². The van der Waals surface area contributed by atoms with Crippen molar-refractivity contribution in [3.8, 4) is 0 Å². The molecule has 2 aliphatic heterocycles. The number of rotatable bonds is 5. The second-order valence-electron chi connectivity index (χ2n) is 7.87. The molecule has 0 bridgehead atoms. The van der Waals surface area contributed by atoms with Crippen molar-refractivity contribution in [2.45, 2.75) is 19.0 Å². The largest absolute Gasteiger partial charge is 0.329 e. The molecule has 1 atom stereocenters. The van der Waals surface area contributed by atoms with Gasteiger partial charge in [-0.25, -0.2) is 8.42 Å². The predicted molar refractivity (Wildman–Crippen MR) is 111 cm³/mol. The molecule has 2 aliphatic rings. The van der Waals surface area contributed by atoms with Gasteiger partial charge >= 0.3 is 0 Å². The SMILES string of the molecule is O=C(/C=C/c1cnn(Cc2ccccc2)c1)N1CC[NH+]([C@@H]2CCS(=O)(=O)C2)CC1. The van der Waals surface area contributed by atoms with Crippen molar-refractivity contribution >= 4 is 21.8 Å². The molecule has 1 aromatic carbocycles. The van der Waals surface area contributed by atoms with Crippen LogP contribution >= 0.6 is 0 Å². The average molecular weight is 416 g/mol. The number of benzene rings is 1. The highest BCUT2D eigenvalue weighted by atomic mass is 32.2. The minimum Gasteiger partial charge on any atom is -0.329 e. The Morgan fingerprint density at radius 2 is 1.97 bits per heavy atom. The number of carbonyl (C=O) groups is 1. The fourth-order valence-electron chi connectivity index (χ4n) is 4.14. The summed E-state index contributed by atoms with van der Waals surface area (Å²) >= 11 is 0. The standard InChI is InChI=1S/C21H26N4O3S/c26-21(24-11-9-23(10-12-24)20-8-13-29(27,28)17-20)7-6-19-14-22-25(16-19)15-18-4-2-1-3-5-18/h1-7,14,16,20H,8-13,15,17H2/p+1/b7-6+/t20-/m1/s1. The fourth-order valence-corrected chi connectivity index (χ4v) is 5.96. The van der Waals surface area contributed by atoms with Crippen molar-refractivity contribution in [1.82, 2.24) is 14.7 Å². The summed E-state index contributed by atoms with van der Waals surface area (Å²) < 4.78 is 25.2. The van der Waals surface area contributed by atoms with Crippen LogP contribution in [-0.2, 0) is 21.2 Å². The van der Waals surface area contributed by atoms with E-state index in [-0.39, 0.29) is 11.9 Å². The third-order valence-electron chi connectivity index (χ3n) is 5.79. The number of nitrogens with one attached hydrogen (secondary N) is 1. The van der Waals surface area contributed by atoms with Gasteiger partial charge in [0.2, 0.25) is 5.91 Å². The molecule has 2 fully saturated rings. The van der Waals surface area contributed by atoms with E-state index in [1.165, 1.54) is 10.5 Å². The Bertz CT molecular complexity index is 976. The highest BCUT2D eigenvalue weighted by molar-refractivity contribution is 7.91. The van der Waals surface area contributed by atoms with Crippen LogP contribution in [0, 0.1) is 0 Å². The number of quaternary nitrogens is 1. The maximum atomic E-state index is 12.5. The summed E-state index contributed by atoms with van der Waals surface area (Å²) in [7, 11) is -2.85. The number of hydrogen-bond acceptors (Lipinski definition) is 4. The molecule has 7 nitrogen and oxygen atoms in total. The third kappa shape index (κ3) is 5.13. The zero-order valence-electron chi connectivity index (χ0n) is 16.4. The number of carbonyl (C=O) groups excluding carboxylic acids is 1. The van der Waals surface area contributed by atoms with Crippen molar-refractivity contribution in [3.63, 3.8) is 0 Å². The predicted octanol–water partition coefficient (Wildman–Crippen LogP) is -0.141.